The topological polar surface area (TPSA) is 43.8 Å². The van der Waals surface area contributed by atoms with E-state index in [4.69, 9.17) is 5.73 Å². The Labute approximate surface area is 127 Å². The van der Waals surface area contributed by atoms with Crippen molar-refractivity contribution in [3.05, 3.63) is 22.4 Å². The van der Waals surface area contributed by atoms with Crippen LogP contribution in [-0.2, 0) is 5.54 Å². The fourth-order valence-corrected chi connectivity index (χ4v) is 3.44. The Balaban J connectivity index is 2.64. The predicted molar refractivity (Wildman–Crippen MR) is 85.2 cm³/mol. The summed E-state index contributed by atoms with van der Waals surface area (Å²) in [5.74, 6) is 0.122. The zero-order valence-corrected chi connectivity index (χ0v) is 14.2. The molecule has 20 heavy (non-hydrogen) atoms. The van der Waals surface area contributed by atoms with Gasteiger partial charge in [-0.05, 0) is 47.7 Å². The Bertz CT molecular complexity index is 653. The number of benzene rings is 1. The summed E-state index contributed by atoms with van der Waals surface area (Å²) in [4.78, 5) is 4.36. The van der Waals surface area contributed by atoms with Crippen LogP contribution in [-0.4, -0.2) is 9.55 Å². The van der Waals surface area contributed by atoms with E-state index in [9.17, 15) is 4.39 Å². The third kappa shape index (κ3) is 2.82. The molecule has 0 fully saturated rings. The lowest BCUT2D eigenvalue weighted by molar-refractivity contribution is 0.222. The van der Waals surface area contributed by atoms with Crippen LogP contribution in [0.15, 0.2) is 16.6 Å². The van der Waals surface area contributed by atoms with Crippen LogP contribution < -0.4 is 5.73 Å². The number of fused-ring (bicyclic) bond motifs is 1. The molecule has 0 bridgehead atoms. The zero-order chi connectivity index (χ0) is 15.3. The summed E-state index contributed by atoms with van der Waals surface area (Å²) < 4.78 is 16.2. The number of anilines is 1. The minimum atomic E-state index is -0.301. The molecule has 110 valence electrons. The van der Waals surface area contributed by atoms with Gasteiger partial charge in [0.15, 0.2) is 0 Å². The summed E-state index contributed by atoms with van der Waals surface area (Å²) >= 11 is 3.18. The normalized spacial score (nSPS) is 13.2. The Kier molecular flexibility index (Phi) is 3.61. The molecule has 3 nitrogen and oxygen atoms in total. The number of imidazole rings is 1. The number of hydrogen-bond acceptors (Lipinski definition) is 2. The van der Waals surface area contributed by atoms with E-state index in [1.54, 1.807) is 6.07 Å². The van der Waals surface area contributed by atoms with Gasteiger partial charge in [-0.15, -0.1) is 0 Å². The van der Waals surface area contributed by atoms with Gasteiger partial charge in [0.25, 0.3) is 0 Å². The van der Waals surface area contributed by atoms with Gasteiger partial charge in [0.1, 0.15) is 5.82 Å². The first-order valence-corrected chi connectivity index (χ1v) is 7.44. The van der Waals surface area contributed by atoms with Gasteiger partial charge in [-0.25, -0.2) is 9.37 Å². The average Bonchev–Trinajstić information content (AvgIpc) is 2.51. The van der Waals surface area contributed by atoms with Gasteiger partial charge in [0.05, 0.1) is 15.5 Å². The van der Waals surface area contributed by atoms with E-state index in [1.807, 2.05) is 4.57 Å². The highest BCUT2D eigenvalue weighted by Crippen LogP contribution is 2.37. The van der Waals surface area contributed by atoms with Gasteiger partial charge < -0.3 is 10.3 Å². The maximum atomic E-state index is 13.8. The number of nitrogen functional groups attached to an aromatic ring is 1. The Morgan fingerprint density at radius 3 is 2.40 bits per heavy atom. The molecule has 0 aliphatic rings. The van der Waals surface area contributed by atoms with E-state index >= 15 is 0 Å². The Morgan fingerprint density at radius 1 is 1.25 bits per heavy atom. The molecule has 0 amide bonds. The molecule has 2 rings (SSSR count). The van der Waals surface area contributed by atoms with Crippen LogP contribution in [0.25, 0.3) is 11.0 Å². The fourth-order valence-electron chi connectivity index (χ4n) is 3.10. The highest BCUT2D eigenvalue weighted by Gasteiger charge is 2.30. The van der Waals surface area contributed by atoms with Gasteiger partial charge in [0.2, 0.25) is 5.95 Å². The number of nitrogens with two attached hydrogens (primary N) is 1. The van der Waals surface area contributed by atoms with E-state index < -0.39 is 0 Å². The average molecular weight is 342 g/mol. The first-order chi connectivity index (χ1) is 9.01. The van der Waals surface area contributed by atoms with Crippen LogP contribution in [0.2, 0.25) is 0 Å². The number of nitrogens with zero attached hydrogens (tertiary/aromatic N) is 2. The summed E-state index contributed by atoms with van der Waals surface area (Å²) in [5, 5.41) is 0. The van der Waals surface area contributed by atoms with Crippen LogP contribution in [0.5, 0.6) is 0 Å². The van der Waals surface area contributed by atoms with Crippen LogP contribution in [0.3, 0.4) is 0 Å². The molecule has 1 aromatic carbocycles. The van der Waals surface area contributed by atoms with Crippen LogP contribution in [0.1, 0.15) is 41.0 Å². The van der Waals surface area contributed by atoms with Crippen LogP contribution in [0.4, 0.5) is 10.3 Å². The summed E-state index contributed by atoms with van der Waals surface area (Å²) in [6.07, 6.45) is 0.910. The second-order valence-electron chi connectivity index (χ2n) is 7.11. The van der Waals surface area contributed by atoms with Gasteiger partial charge in [0, 0.05) is 11.6 Å². The second-order valence-corrected chi connectivity index (χ2v) is 7.96. The van der Waals surface area contributed by atoms with Gasteiger partial charge in [-0.2, -0.15) is 0 Å². The molecule has 0 saturated heterocycles. The zero-order valence-electron chi connectivity index (χ0n) is 12.6. The molecule has 0 radical (unpaired) electrons. The number of hydrogen-bond donors (Lipinski definition) is 1. The molecule has 1 heterocycles. The standard InChI is InChI=1S/C15H21BrFN3/c1-14(2,3)8-15(4,5)20-12-7-10(17)9(16)6-11(12)19-13(20)18/h6-7H,8H2,1-5H3,(H2,18,19). The van der Waals surface area contributed by atoms with E-state index in [0.717, 1.165) is 11.9 Å². The van der Waals surface area contributed by atoms with Crippen molar-refractivity contribution < 1.29 is 4.39 Å². The lowest BCUT2D eigenvalue weighted by Crippen LogP contribution is -2.32. The van der Waals surface area contributed by atoms with E-state index in [-0.39, 0.29) is 16.8 Å². The van der Waals surface area contributed by atoms with Gasteiger partial charge in [-0.3, -0.25) is 0 Å². The third-order valence-corrected chi connectivity index (χ3v) is 3.90. The lowest BCUT2D eigenvalue weighted by atomic mass is 9.81. The predicted octanol–water partition coefficient (Wildman–Crippen LogP) is 4.69. The Hall–Kier alpha value is -1.10. The number of aromatic nitrogens is 2. The van der Waals surface area contributed by atoms with E-state index in [0.29, 0.717) is 15.9 Å². The summed E-state index contributed by atoms with van der Waals surface area (Å²) in [6.45, 7) is 10.8. The molecule has 2 N–H and O–H groups in total. The maximum Gasteiger partial charge on any atom is 0.201 e. The van der Waals surface area contributed by atoms with Crippen molar-refractivity contribution in [3.8, 4) is 0 Å². The van der Waals surface area contributed by atoms with Gasteiger partial charge in [-0.1, -0.05) is 20.8 Å². The molecule has 0 atom stereocenters. The number of halogens is 2. The van der Waals surface area contributed by atoms with E-state index in [2.05, 4.69) is 55.5 Å². The van der Waals surface area contributed by atoms with Crippen LogP contribution in [0, 0.1) is 11.2 Å². The van der Waals surface area contributed by atoms with Gasteiger partial charge >= 0.3 is 0 Å². The molecule has 0 aliphatic heterocycles. The van der Waals surface area contributed by atoms with Crippen molar-refractivity contribution in [1.82, 2.24) is 9.55 Å². The quantitative estimate of drug-likeness (QED) is 0.860. The Morgan fingerprint density at radius 2 is 1.85 bits per heavy atom. The van der Waals surface area contributed by atoms with E-state index in [1.165, 1.54) is 6.07 Å². The maximum absolute atomic E-state index is 13.8. The van der Waals surface area contributed by atoms with Crippen molar-refractivity contribution >= 4 is 32.9 Å². The second kappa shape index (κ2) is 4.72. The SMILES string of the molecule is CC(C)(C)CC(C)(C)n1c(N)nc2cc(Br)c(F)cc21. The van der Waals surface area contributed by atoms with Crippen molar-refractivity contribution in [2.75, 3.05) is 5.73 Å². The molecule has 5 heteroatoms. The fraction of sp³-hybridized carbons (Fsp3) is 0.533. The van der Waals surface area contributed by atoms with Crippen LogP contribution >= 0.6 is 15.9 Å². The monoisotopic (exact) mass is 341 g/mol. The highest BCUT2D eigenvalue weighted by molar-refractivity contribution is 9.10. The van der Waals surface area contributed by atoms with Crippen molar-refractivity contribution in [1.29, 1.82) is 0 Å². The largest absolute Gasteiger partial charge is 0.369 e. The molecule has 0 spiro atoms. The summed E-state index contributed by atoms with van der Waals surface area (Å²) in [7, 11) is 0. The minimum Gasteiger partial charge on any atom is -0.369 e. The third-order valence-electron chi connectivity index (χ3n) is 3.29. The highest BCUT2D eigenvalue weighted by atomic mass is 79.9. The molecule has 0 saturated carbocycles. The molecule has 2 aromatic rings. The number of rotatable bonds is 2. The lowest BCUT2D eigenvalue weighted by Gasteiger charge is -2.34. The first-order valence-electron chi connectivity index (χ1n) is 6.65. The molecule has 0 unspecified atom stereocenters. The van der Waals surface area contributed by atoms with Crippen molar-refractivity contribution in [3.63, 3.8) is 0 Å². The first kappa shape index (κ1) is 15.3. The molecular formula is C15H21BrFN3. The summed E-state index contributed by atoms with van der Waals surface area (Å²) in [6, 6.07) is 3.16. The van der Waals surface area contributed by atoms with Crippen molar-refractivity contribution in [2.45, 2.75) is 46.6 Å². The molecular weight excluding hydrogens is 321 g/mol. The molecule has 1 aromatic heterocycles. The molecule has 0 aliphatic carbocycles. The van der Waals surface area contributed by atoms with Crippen molar-refractivity contribution in [2.24, 2.45) is 5.41 Å². The smallest absolute Gasteiger partial charge is 0.201 e. The minimum absolute atomic E-state index is 0.139. The summed E-state index contributed by atoms with van der Waals surface area (Å²) in [5.41, 5.74) is 7.41.